The molecule has 26 heavy (non-hydrogen) atoms. The summed E-state index contributed by atoms with van der Waals surface area (Å²) >= 11 is 0. The number of rotatable bonds is 5. The molecule has 1 N–H and O–H groups in total. The number of aryl methyl sites for hydroxylation is 1. The summed E-state index contributed by atoms with van der Waals surface area (Å²) in [6, 6.07) is 19.0. The Morgan fingerprint density at radius 1 is 0.808 bits per heavy atom. The van der Waals surface area contributed by atoms with Gasteiger partial charge in [0.2, 0.25) is 0 Å². The van der Waals surface area contributed by atoms with Gasteiger partial charge < -0.3 is 9.47 Å². The molecule has 5 nitrogen and oxygen atoms in total. The minimum Gasteiger partial charge on any atom is -0.497 e. The largest absolute Gasteiger partial charge is 0.497 e. The van der Waals surface area contributed by atoms with Crippen LogP contribution in [-0.4, -0.2) is 20.1 Å². The predicted octanol–water partition coefficient (Wildman–Crippen LogP) is 4.71. The van der Waals surface area contributed by atoms with Crippen LogP contribution in [0.1, 0.15) is 5.56 Å². The highest BCUT2D eigenvalue weighted by Crippen LogP contribution is 2.33. The summed E-state index contributed by atoms with van der Waals surface area (Å²) in [6.45, 7) is 1.97. The van der Waals surface area contributed by atoms with Gasteiger partial charge in [0.25, 0.3) is 10.1 Å². The first kappa shape index (κ1) is 18.0. The molecule has 0 aromatic heterocycles. The highest BCUT2D eigenvalue weighted by Gasteiger charge is 2.19. The van der Waals surface area contributed by atoms with Gasteiger partial charge in [-0.2, -0.15) is 8.42 Å². The molecule has 6 heteroatoms. The monoisotopic (exact) mass is 370 g/mol. The van der Waals surface area contributed by atoms with Crippen molar-refractivity contribution in [2.45, 2.75) is 11.8 Å². The van der Waals surface area contributed by atoms with E-state index in [2.05, 4.69) is 0 Å². The lowest BCUT2D eigenvalue weighted by Crippen LogP contribution is -2.01. The average molecular weight is 370 g/mol. The molecule has 0 atom stereocenters. The highest BCUT2D eigenvalue weighted by atomic mass is 32.2. The molecule has 0 saturated carbocycles. The smallest absolute Gasteiger partial charge is 0.298 e. The molecule has 0 spiro atoms. The van der Waals surface area contributed by atoms with E-state index in [1.54, 1.807) is 37.4 Å². The van der Waals surface area contributed by atoms with Gasteiger partial charge in [0.1, 0.15) is 22.1 Å². The van der Waals surface area contributed by atoms with Crippen LogP contribution < -0.4 is 9.47 Å². The summed E-state index contributed by atoms with van der Waals surface area (Å²) in [4.78, 5) is -0.286. The van der Waals surface area contributed by atoms with E-state index in [1.165, 1.54) is 12.1 Å². The van der Waals surface area contributed by atoms with Crippen LogP contribution >= 0.6 is 0 Å². The molecule has 0 unspecified atom stereocenters. The van der Waals surface area contributed by atoms with Crippen LogP contribution in [0.3, 0.4) is 0 Å². The normalized spacial score (nSPS) is 11.2. The first-order chi connectivity index (χ1) is 12.4. The Labute approximate surface area is 152 Å². The van der Waals surface area contributed by atoms with Crippen molar-refractivity contribution in [2.75, 3.05) is 7.11 Å². The quantitative estimate of drug-likeness (QED) is 0.659. The third-order valence-electron chi connectivity index (χ3n) is 3.89. The molecule has 3 aromatic carbocycles. The van der Waals surface area contributed by atoms with Gasteiger partial charge in [-0.25, -0.2) is 0 Å². The summed E-state index contributed by atoms with van der Waals surface area (Å²) < 4.78 is 44.0. The van der Waals surface area contributed by atoms with E-state index in [1.807, 2.05) is 31.2 Å². The summed E-state index contributed by atoms with van der Waals surface area (Å²) in [6.07, 6.45) is 0. The Bertz CT molecular complexity index is 1010. The second kappa shape index (κ2) is 7.19. The lowest BCUT2D eigenvalue weighted by Gasteiger charge is -2.12. The molecule has 0 saturated heterocycles. The van der Waals surface area contributed by atoms with Crippen molar-refractivity contribution in [1.29, 1.82) is 0 Å². The molecule has 0 aliphatic carbocycles. The fraction of sp³-hybridized carbons (Fsp3) is 0.100. The van der Waals surface area contributed by atoms with Gasteiger partial charge in [-0.1, -0.05) is 35.9 Å². The molecule has 0 radical (unpaired) electrons. The molecule has 0 aliphatic rings. The fourth-order valence-corrected chi connectivity index (χ4v) is 3.13. The topological polar surface area (TPSA) is 72.8 Å². The Morgan fingerprint density at radius 3 is 1.96 bits per heavy atom. The first-order valence-electron chi connectivity index (χ1n) is 7.87. The van der Waals surface area contributed by atoms with E-state index in [0.29, 0.717) is 17.1 Å². The number of hydrogen-bond acceptors (Lipinski definition) is 4. The molecule has 0 aliphatic heterocycles. The number of benzene rings is 3. The minimum atomic E-state index is -4.45. The van der Waals surface area contributed by atoms with Gasteiger partial charge in [-0.3, -0.25) is 4.55 Å². The third-order valence-corrected chi connectivity index (χ3v) is 4.77. The maximum atomic E-state index is 11.8. The van der Waals surface area contributed by atoms with Crippen LogP contribution in [0.2, 0.25) is 0 Å². The van der Waals surface area contributed by atoms with Crippen molar-refractivity contribution in [3.63, 3.8) is 0 Å². The zero-order valence-electron chi connectivity index (χ0n) is 14.3. The Hall–Kier alpha value is -2.83. The van der Waals surface area contributed by atoms with Crippen LogP contribution in [0.25, 0.3) is 11.1 Å². The standard InChI is InChI=1S/C20H18O5S/c1-14-3-5-15(6-4-14)16-7-12-19(20(13-16)26(21,22)23)25-18-10-8-17(24-2)9-11-18/h3-13H,1-2H3,(H,21,22,23). The predicted molar refractivity (Wildman–Crippen MR) is 99.5 cm³/mol. The second-order valence-electron chi connectivity index (χ2n) is 5.78. The molecule has 0 bridgehead atoms. The van der Waals surface area contributed by atoms with Gasteiger partial charge in [0, 0.05) is 0 Å². The molecule has 3 aromatic rings. The zero-order chi connectivity index (χ0) is 18.7. The van der Waals surface area contributed by atoms with E-state index in [4.69, 9.17) is 9.47 Å². The van der Waals surface area contributed by atoms with E-state index in [9.17, 15) is 13.0 Å². The molecular weight excluding hydrogens is 352 g/mol. The molecular formula is C20H18O5S. The van der Waals surface area contributed by atoms with Gasteiger partial charge in [0.05, 0.1) is 7.11 Å². The van der Waals surface area contributed by atoms with E-state index < -0.39 is 10.1 Å². The van der Waals surface area contributed by atoms with Gasteiger partial charge in [-0.15, -0.1) is 0 Å². The number of hydrogen-bond donors (Lipinski definition) is 1. The molecule has 134 valence electrons. The van der Waals surface area contributed by atoms with Crippen molar-refractivity contribution < 1.29 is 22.4 Å². The Kier molecular flexibility index (Phi) is 4.97. The SMILES string of the molecule is COc1ccc(Oc2ccc(-c3ccc(C)cc3)cc2S(=O)(=O)O)cc1. The van der Waals surface area contributed by atoms with Crippen molar-refractivity contribution in [3.8, 4) is 28.4 Å². The minimum absolute atomic E-state index is 0.0496. The third kappa shape index (κ3) is 4.04. The van der Waals surface area contributed by atoms with Crippen LogP contribution in [-0.2, 0) is 10.1 Å². The second-order valence-corrected chi connectivity index (χ2v) is 7.17. The maximum absolute atomic E-state index is 11.8. The Morgan fingerprint density at radius 2 is 1.38 bits per heavy atom. The summed E-state index contributed by atoms with van der Waals surface area (Å²) in [5.74, 6) is 1.13. The van der Waals surface area contributed by atoms with Gasteiger partial charge >= 0.3 is 0 Å². The van der Waals surface area contributed by atoms with Crippen molar-refractivity contribution in [2.24, 2.45) is 0 Å². The highest BCUT2D eigenvalue weighted by molar-refractivity contribution is 7.86. The molecule has 0 fully saturated rings. The van der Waals surface area contributed by atoms with E-state index >= 15 is 0 Å². The van der Waals surface area contributed by atoms with E-state index in [-0.39, 0.29) is 10.6 Å². The van der Waals surface area contributed by atoms with Crippen molar-refractivity contribution >= 4 is 10.1 Å². The van der Waals surface area contributed by atoms with Gasteiger partial charge in [-0.05, 0) is 54.4 Å². The average Bonchev–Trinajstić information content (AvgIpc) is 2.62. The summed E-state index contributed by atoms with van der Waals surface area (Å²) in [5.41, 5.74) is 2.61. The lowest BCUT2D eigenvalue weighted by atomic mass is 10.0. The van der Waals surface area contributed by atoms with Crippen LogP contribution in [0.5, 0.6) is 17.2 Å². The first-order valence-corrected chi connectivity index (χ1v) is 9.31. The maximum Gasteiger partial charge on any atom is 0.298 e. The number of methoxy groups -OCH3 is 1. The molecule has 0 heterocycles. The van der Waals surface area contributed by atoms with Crippen LogP contribution in [0, 0.1) is 6.92 Å². The lowest BCUT2D eigenvalue weighted by molar-refractivity contribution is 0.412. The van der Waals surface area contributed by atoms with Crippen molar-refractivity contribution in [1.82, 2.24) is 0 Å². The van der Waals surface area contributed by atoms with Crippen LogP contribution in [0.15, 0.2) is 71.6 Å². The van der Waals surface area contributed by atoms with E-state index in [0.717, 1.165) is 11.1 Å². The summed E-state index contributed by atoms with van der Waals surface area (Å²) in [5, 5.41) is 0. The zero-order valence-corrected chi connectivity index (χ0v) is 15.2. The van der Waals surface area contributed by atoms with Gasteiger partial charge in [0.15, 0.2) is 0 Å². The summed E-state index contributed by atoms with van der Waals surface area (Å²) in [7, 11) is -2.90. The van der Waals surface area contributed by atoms with Crippen LogP contribution in [0.4, 0.5) is 0 Å². The number of ether oxygens (including phenoxy) is 2. The molecule has 3 rings (SSSR count). The molecule has 0 amide bonds. The fourth-order valence-electron chi connectivity index (χ4n) is 2.49. The Balaban J connectivity index is 2.00. The van der Waals surface area contributed by atoms with Crippen molar-refractivity contribution in [3.05, 3.63) is 72.3 Å².